The predicted octanol–water partition coefficient (Wildman–Crippen LogP) is 3.12. The van der Waals surface area contributed by atoms with Gasteiger partial charge in [0.05, 0.1) is 11.6 Å². The largest absolute Gasteiger partial charge is 0.496 e. The lowest BCUT2D eigenvalue weighted by Gasteiger charge is -2.33. The van der Waals surface area contributed by atoms with Gasteiger partial charge in [-0.25, -0.2) is 0 Å². The highest BCUT2D eigenvalue weighted by atomic mass is 79.9. The van der Waals surface area contributed by atoms with E-state index in [1.165, 1.54) is 24.2 Å². The maximum absolute atomic E-state index is 5.78. The van der Waals surface area contributed by atoms with Crippen molar-refractivity contribution in [2.24, 2.45) is 5.84 Å². The smallest absolute Gasteiger partial charge is 0.133 e. The van der Waals surface area contributed by atoms with Crippen molar-refractivity contribution in [1.82, 2.24) is 5.43 Å². The summed E-state index contributed by atoms with van der Waals surface area (Å²) < 4.78 is 6.49. The highest BCUT2D eigenvalue weighted by Crippen LogP contribution is 2.41. The van der Waals surface area contributed by atoms with Gasteiger partial charge in [-0.15, -0.1) is 0 Å². The summed E-state index contributed by atoms with van der Waals surface area (Å²) >= 11 is 5.56. The van der Waals surface area contributed by atoms with Crippen molar-refractivity contribution in [3.8, 4) is 5.75 Å². The van der Waals surface area contributed by atoms with Crippen LogP contribution in [0.1, 0.15) is 25.3 Å². The molecule has 1 aliphatic heterocycles. The second kappa shape index (κ2) is 6.48. The first kappa shape index (κ1) is 15.2. The van der Waals surface area contributed by atoms with E-state index >= 15 is 0 Å². The van der Waals surface area contributed by atoms with E-state index in [0.29, 0.717) is 6.04 Å². The average Bonchev–Trinajstić information content (AvgIpc) is 2.84. The number of hydrogen-bond acceptors (Lipinski definition) is 4. The highest BCUT2D eigenvalue weighted by molar-refractivity contribution is 9.10. The van der Waals surface area contributed by atoms with Crippen molar-refractivity contribution < 1.29 is 4.74 Å². The third-order valence-corrected chi connectivity index (χ3v) is 6.10. The number of rotatable bonds is 5. The zero-order valence-electron chi connectivity index (χ0n) is 11.4. The molecule has 1 saturated heterocycles. The van der Waals surface area contributed by atoms with Gasteiger partial charge in [0, 0.05) is 10.8 Å². The van der Waals surface area contributed by atoms with Crippen molar-refractivity contribution in [1.29, 1.82) is 0 Å². The average molecular weight is 345 g/mol. The summed E-state index contributed by atoms with van der Waals surface area (Å²) in [6, 6.07) is 6.51. The summed E-state index contributed by atoms with van der Waals surface area (Å²) in [6.45, 7) is 2.31. The molecule has 1 fully saturated rings. The summed E-state index contributed by atoms with van der Waals surface area (Å²) in [5.74, 6) is 7.88. The van der Waals surface area contributed by atoms with Crippen LogP contribution in [0.25, 0.3) is 0 Å². The molecule has 0 bridgehead atoms. The maximum Gasteiger partial charge on any atom is 0.133 e. The number of benzene rings is 1. The molecule has 3 nitrogen and oxygen atoms in total. The molecule has 1 heterocycles. The summed E-state index contributed by atoms with van der Waals surface area (Å²) in [5.41, 5.74) is 4.28. The van der Waals surface area contributed by atoms with Gasteiger partial charge in [0.15, 0.2) is 0 Å². The fourth-order valence-corrected chi connectivity index (χ4v) is 4.58. The van der Waals surface area contributed by atoms with E-state index in [1.54, 1.807) is 7.11 Å². The number of halogens is 1. The molecule has 19 heavy (non-hydrogen) atoms. The number of ether oxygens (including phenoxy) is 1. The van der Waals surface area contributed by atoms with E-state index in [2.05, 4.69) is 40.4 Å². The Morgan fingerprint density at radius 1 is 1.58 bits per heavy atom. The van der Waals surface area contributed by atoms with Gasteiger partial charge in [-0.1, -0.05) is 6.07 Å². The minimum atomic E-state index is 0.237. The Bertz CT molecular complexity index is 435. The molecule has 106 valence electrons. The van der Waals surface area contributed by atoms with Crippen molar-refractivity contribution in [2.45, 2.75) is 37.0 Å². The normalized spacial score (nSPS) is 24.4. The molecule has 2 unspecified atom stereocenters. The lowest BCUT2D eigenvalue weighted by molar-refractivity contribution is 0.403. The van der Waals surface area contributed by atoms with E-state index in [0.717, 1.165) is 16.6 Å². The van der Waals surface area contributed by atoms with Gasteiger partial charge in [0.25, 0.3) is 0 Å². The summed E-state index contributed by atoms with van der Waals surface area (Å²) in [7, 11) is 1.68. The minimum Gasteiger partial charge on any atom is -0.496 e. The van der Waals surface area contributed by atoms with E-state index < -0.39 is 0 Å². The van der Waals surface area contributed by atoms with Crippen LogP contribution in [-0.2, 0) is 6.42 Å². The first-order valence-corrected chi connectivity index (χ1v) is 8.29. The summed E-state index contributed by atoms with van der Waals surface area (Å²) in [6.07, 6.45) is 3.44. The quantitative estimate of drug-likeness (QED) is 0.636. The van der Waals surface area contributed by atoms with Crippen LogP contribution in [-0.4, -0.2) is 23.7 Å². The van der Waals surface area contributed by atoms with Crippen LogP contribution in [0.4, 0.5) is 0 Å². The fourth-order valence-electron chi connectivity index (χ4n) is 2.60. The molecule has 0 saturated carbocycles. The van der Waals surface area contributed by atoms with Crippen LogP contribution >= 0.6 is 27.7 Å². The van der Waals surface area contributed by atoms with Crippen molar-refractivity contribution in [2.75, 3.05) is 12.9 Å². The summed E-state index contributed by atoms with van der Waals surface area (Å²) in [5, 5.41) is 0. The lowest BCUT2D eigenvalue weighted by Crippen LogP contribution is -2.50. The van der Waals surface area contributed by atoms with Gasteiger partial charge in [-0.05, 0) is 65.6 Å². The van der Waals surface area contributed by atoms with Gasteiger partial charge >= 0.3 is 0 Å². The van der Waals surface area contributed by atoms with Gasteiger partial charge in [-0.2, -0.15) is 11.8 Å². The van der Waals surface area contributed by atoms with Crippen LogP contribution in [0.5, 0.6) is 5.75 Å². The zero-order valence-corrected chi connectivity index (χ0v) is 13.8. The highest BCUT2D eigenvalue weighted by Gasteiger charge is 2.37. The van der Waals surface area contributed by atoms with Crippen molar-refractivity contribution in [3.05, 3.63) is 28.2 Å². The van der Waals surface area contributed by atoms with Crippen LogP contribution in [0.15, 0.2) is 22.7 Å². The molecule has 5 heteroatoms. The van der Waals surface area contributed by atoms with Crippen LogP contribution in [0, 0.1) is 0 Å². The molecule has 2 atom stereocenters. The molecular formula is C14H21BrN2OS. The molecule has 1 aromatic carbocycles. The molecule has 0 aliphatic carbocycles. The molecule has 1 aliphatic rings. The molecule has 0 aromatic heterocycles. The van der Waals surface area contributed by atoms with Crippen molar-refractivity contribution >= 4 is 27.7 Å². The Morgan fingerprint density at radius 3 is 2.89 bits per heavy atom. The minimum absolute atomic E-state index is 0.237. The monoisotopic (exact) mass is 344 g/mol. The molecule has 0 amide bonds. The standard InChI is InChI=1S/C14H21BrN2OS/c1-14(6-3-7-19-14)13(17-16)9-10-4-5-12(18-2)11(15)8-10/h4-5,8,13,17H,3,6-7,9,16H2,1-2H3. The molecule has 0 radical (unpaired) electrons. The number of methoxy groups -OCH3 is 1. The third-order valence-electron chi connectivity index (χ3n) is 3.84. The molecule has 0 spiro atoms. The Labute approximate surface area is 127 Å². The molecular weight excluding hydrogens is 324 g/mol. The first-order valence-electron chi connectivity index (χ1n) is 6.51. The van der Waals surface area contributed by atoms with E-state index in [-0.39, 0.29) is 4.75 Å². The maximum atomic E-state index is 5.78. The fraction of sp³-hybridized carbons (Fsp3) is 0.571. The van der Waals surface area contributed by atoms with Crippen LogP contribution < -0.4 is 16.0 Å². The van der Waals surface area contributed by atoms with Gasteiger partial charge < -0.3 is 4.74 Å². The number of hydrogen-bond donors (Lipinski definition) is 2. The Morgan fingerprint density at radius 2 is 2.37 bits per heavy atom. The van der Waals surface area contributed by atoms with E-state index in [1.807, 2.05) is 17.8 Å². The van der Waals surface area contributed by atoms with Crippen LogP contribution in [0.3, 0.4) is 0 Å². The lowest BCUT2D eigenvalue weighted by atomic mass is 9.91. The molecule has 1 aromatic rings. The van der Waals surface area contributed by atoms with E-state index in [4.69, 9.17) is 10.6 Å². The number of hydrazine groups is 1. The Hall–Kier alpha value is -0.230. The predicted molar refractivity (Wildman–Crippen MR) is 85.6 cm³/mol. The SMILES string of the molecule is COc1ccc(CC(NN)C2(C)CCCS2)cc1Br. The summed E-state index contributed by atoms with van der Waals surface area (Å²) in [4.78, 5) is 0. The third kappa shape index (κ3) is 3.45. The molecule has 3 N–H and O–H groups in total. The Balaban J connectivity index is 2.12. The number of nitrogens with two attached hydrogens (primary N) is 1. The second-order valence-electron chi connectivity index (χ2n) is 5.16. The van der Waals surface area contributed by atoms with Gasteiger partial charge in [0.2, 0.25) is 0 Å². The van der Waals surface area contributed by atoms with Gasteiger partial charge in [-0.3, -0.25) is 11.3 Å². The Kier molecular flexibility index (Phi) is 5.17. The first-order chi connectivity index (χ1) is 9.09. The number of thioether (sulfide) groups is 1. The molecule has 2 rings (SSSR count). The van der Waals surface area contributed by atoms with Gasteiger partial charge in [0.1, 0.15) is 5.75 Å². The van der Waals surface area contributed by atoms with Crippen molar-refractivity contribution in [3.63, 3.8) is 0 Å². The second-order valence-corrected chi connectivity index (χ2v) is 7.64. The number of nitrogens with one attached hydrogen (secondary N) is 1. The topological polar surface area (TPSA) is 47.3 Å². The van der Waals surface area contributed by atoms with E-state index in [9.17, 15) is 0 Å². The zero-order chi connectivity index (χ0) is 13.9. The van der Waals surface area contributed by atoms with Crippen LogP contribution in [0.2, 0.25) is 0 Å².